The molecular weight excluding hydrogens is 478 g/mol. The van der Waals surface area contributed by atoms with Gasteiger partial charge in [-0.1, -0.05) is 60.2 Å². The standard InChI is InChI=1S/C27H31N3O5S/c1-20-11-10-12-22(17-20)18-29(21(2)27(32)28-3)26(31)19-30(24-15-8-9-16-25(24)35-4)36(33,34)23-13-6-5-7-14-23/h5-17,21H,18-19H2,1-4H3,(H,28,32)/t21-/m1/s1. The minimum atomic E-state index is -4.14. The Labute approximate surface area is 212 Å². The molecule has 0 aliphatic heterocycles. The number of hydrogen-bond donors (Lipinski definition) is 1. The number of para-hydroxylation sites is 2. The third-order valence-electron chi connectivity index (χ3n) is 5.81. The van der Waals surface area contributed by atoms with Crippen LogP contribution in [-0.2, 0) is 26.2 Å². The molecule has 0 heterocycles. The first-order valence-electron chi connectivity index (χ1n) is 11.5. The van der Waals surface area contributed by atoms with Crippen molar-refractivity contribution in [2.75, 3.05) is 25.0 Å². The molecule has 0 aliphatic carbocycles. The first-order chi connectivity index (χ1) is 17.2. The fourth-order valence-corrected chi connectivity index (χ4v) is 5.31. The van der Waals surface area contributed by atoms with Crippen LogP contribution in [0.3, 0.4) is 0 Å². The quantitative estimate of drug-likeness (QED) is 0.452. The molecule has 1 atom stereocenters. The highest BCUT2D eigenvalue weighted by Crippen LogP contribution is 2.32. The Morgan fingerprint density at radius 2 is 1.64 bits per heavy atom. The van der Waals surface area contributed by atoms with Gasteiger partial charge in [-0.25, -0.2) is 8.42 Å². The zero-order valence-electron chi connectivity index (χ0n) is 20.8. The number of rotatable bonds is 10. The number of aryl methyl sites for hydroxylation is 1. The Morgan fingerprint density at radius 1 is 0.972 bits per heavy atom. The van der Waals surface area contributed by atoms with Crippen molar-refractivity contribution in [3.05, 3.63) is 90.0 Å². The number of anilines is 1. The van der Waals surface area contributed by atoms with Gasteiger partial charge in [0.1, 0.15) is 18.3 Å². The maximum atomic E-state index is 13.8. The summed E-state index contributed by atoms with van der Waals surface area (Å²) in [5.74, 6) is -0.585. The number of carbonyl (C=O) groups excluding carboxylic acids is 2. The van der Waals surface area contributed by atoms with Crippen LogP contribution in [-0.4, -0.2) is 51.9 Å². The topological polar surface area (TPSA) is 96.0 Å². The van der Waals surface area contributed by atoms with E-state index in [2.05, 4.69) is 5.32 Å². The Bertz CT molecular complexity index is 1310. The molecule has 0 fully saturated rings. The van der Waals surface area contributed by atoms with Crippen molar-refractivity contribution in [2.24, 2.45) is 0 Å². The van der Waals surface area contributed by atoms with Gasteiger partial charge in [0.2, 0.25) is 11.8 Å². The zero-order chi connectivity index (χ0) is 26.3. The molecule has 3 aromatic rings. The maximum absolute atomic E-state index is 13.8. The van der Waals surface area contributed by atoms with Crippen LogP contribution in [0.25, 0.3) is 0 Å². The summed E-state index contributed by atoms with van der Waals surface area (Å²) in [5.41, 5.74) is 2.06. The number of benzene rings is 3. The van der Waals surface area contributed by atoms with Crippen molar-refractivity contribution < 1.29 is 22.7 Å². The third-order valence-corrected chi connectivity index (χ3v) is 7.59. The van der Waals surface area contributed by atoms with Crippen LogP contribution in [0.2, 0.25) is 0 Å². The van der Waals surface area contributed by atoms with Crippen molar-refractivity contribution in [2.45, 2.75) is 31.3 Å². The Morgan fingerprint density at radius 3 is 2.28 bits per heavy atom. The molecule has 3 rings (SSSR count). The number of carbonyl (C=O) groups is 2. The van der Waals surface area contributed by atoms with Crippen LogP contribution in [0.15, 0.2) is 83.8 Å². The van der Waals surface area contributed by atoms with E-state index >= 15 is 0 Å². The predicted octanol–water partition coefficient (Wildman–Crippen LogP) is 3.36. The van der Waals surface area contributed by atoms with Crippen molar-refractivity contribution in [1.82, 2.24) is 10.2 Å². The number of amides is 2. The molecule has 1 N–H and O–H groups in total. The second kappa shape index (κ2) is 11.7. The van der Waals surface area contributed by atoms with Crippen molar-refractivity contribution in [3.8, 4) is 5.75 Å². The molecule has 0 bridgehead atoms. The van der Waals surface area contributed by atoms with E-state index in [9.17, 15) is 18.0 Å². The Hall–Kier alpha value is -3.85. The van der Waals surface area contributed by atoms with E-state index in [-0.39, 0.29) is 23.0 Å². The summed E-state index contributed by atoms with van der Waals surface area (Å²) in [6, 6.07) is 21.3. The molecule has 0 aliphatic rings. The number of sulfonamides is 1. The van der Waals surface area contributed by atoms with Crippen molar-refractivity contribution >= 4 is 27.5 Å². The fourth-order valence-electron chi connectivity index (χ4n) is 3.87. The van der Waals surface area contributed by atoms with E-state index in [1.165, 1.54) is 31.2 Å². The molecule has 0 radical (unpaired) electrons. The van der Waals surface area contributed by atoms with Gasteiger partial charge < -0.3 is 15.0 Å². The largest absolute Gasteiger partial charge is 0.495 e. The number of likely N-dealkylation sites (N-methyl/N-ethyl adjacent to an activating group) is 1. The van der Waals surface area contributed by atoms with Crippen LogP contribution >= 0.6 is 0 Å². The lowest BCUT2D eigenvalue weighted by Crippen LogP contribution is -2.50. The summed E-state index contributed by atoms with van der Waals surface area (Å²) < 4.78 is 33.9. The highest BCUT2D eigenvalue weighted by Gasteiger charge is 2.33. The number of methoxy groups -OCH3 is 1. The molecule has 190 valence electrons. The zero-order valence-corrected chi connectivity index (χ0v) is 21.7. The van der Waals surface area contributed by atoms with Gasteiger partial charge in [0.25, 0.3) is 10.0 Å². The summed E-state index contributed by atoms with van der Waals surface area (Å²) in [6.07, 6.45) is 0. The molecule has 0 saturated carbocycles. The number of nitrogens with zero attached hydrogens (tertiary/aromatic N) is 2. The first-order valence-corrected chi connectivity index (χ1v) is 12.9. The molecule has 3 aromatic carbocycles. The molecule has 0 unspecified atom stereocenters. The SMILES string of the molecule is CNC(=O)[C@@H](C)N(Cc1cccc(C)c1)C(=O)CN(c1ccccc1OC)S(=O)(=O)c1ccccc1. The normalized spacial score (nSPS) is 11.9. The second-order valence-electron chi connectivity index (χ2n) is 8.30. The lowest BCUT2D eigenvalue weighted by molar-refractivity contribution is -0.139. The van der Waals surface area contributed by atoms with E-state index in [0.717, 1.165) is 15.4 Å². The highest BCUT2D eigenvalue weighted by molar-refractivity contribution is 7.92. The number of hydrogen-bond acceptors (Lipinski definition) is 5. The van der Waals surface area contributed by atoms with Crippen LogP contribution in [0, 0.1) is 6.92 Å². The van der Waals surface area contributed by atoms with Crippen LogP contribution in [0.1, 0.15) is 18.1 Å². The minimum absolute atomic E-state index is 0.0355. The molecule has 0 spiro atoms. The average Bonchev–Trinajstić information content (AvgIpc) is 2.89. The molecule has 8 nitrogen and oxygen atoms in total. The molecule has 2 amide bonds. The van der Waals surface area contributed by atoms with Crippen molar-refractivity contribution in [1.29, 1.82) is 0 Å². The monoisotopic (exact) mass is 509 g/mol. The molecule has 0 saturated heterocycles. The molecule has 9 heteroatoms. The minimum Gasteiger partial charge on any atom is -0.495 e. The van der Waals surface area contributed by atoms with Gasteiger partial charge in [0.05, 0.1) is 17.7 Å². The molecule has 36 heavy (non-hydrogen) atoms. The summed E-state index contributed by atoms with van der Waals surface area (Å²) in [5, 5.41) is 2.57. The van der Waals surface area contributed by atoms with Gasteiger partial charge in [-0.05, 0) is 43.7 Å². The van der Waals surface area contributed by atoms with Gasteiger partial charge in [0.15, 0.2) is 0 Å². The highest BCUT2D eigenvalue weighted by atomic mass is 32.2. The summed E-state index contributed by atoms with van der Waals surface area (Å²) in [4.78, 5) is 27.7. The van der Waals surface area contributed by atoms with E-state index < -0.39 is 28.5 Å². The lowest BCUT2D eigenvalue weighted by Gasteiger charge is -2.32. The second-order valence-corrected chi connectivity index (χ2v) is 10.2. The first kappa shape index (κ1) is 26.7. The Balaban J connectivity index is 2.06. The van der Waals surface area contributed by atoms with E-state index in [1.807, 2.05) is 31.2 Å². The van der Waals surface area contributed by atoms with E-state index in [4.69, 9.17) is 4.74 Å². The van der Waals surface area contributed by atoms with Gasteiger partial charge in [-0.15, -0.1) is 0 Å². The average molecular weight is 510 g/mol. The van der Waals surface area contributed by atoms with Gasteiger partial charge >= 0.3 is 0 Å². The van der Waals surface area contributed by atoms with Crippen LogP contribution in [0.5, 0.6) is 5.75 Å². The van der Waals surface area contributed by atoms with Crippen molar-refractivity contribution in [3.63, 3.8) is 0 Å². The van der Waals surface area contributed by atoms with Gasteiger partial charge in [-0.3, -0.25) is 13.9 Å². The number of nitrogens with one attached hydrogen (secondary N) is 1. The lowest BCUT2D eigenvalue weighted by atomic mass is 10.1. The summed E-state index contributed by atoms with van der Waals surface area (Å²) >= 11 is 0. The maximum Gasteiger partial charge on any atom is 0.264 e. The van der Waals surface area contributed by atoms with E-state index in [1.54, 1.807) is 49.4 Å². The number of ether oxygens (including phenoxy) is 1. The van der Waals surface area contributed by atoms with Crippen LogP contribution in [0.4, 0.5) is 5.69 Å². The van der Waals surface area contributed by atoms with Crippen LogP contribution < -0.4 is 14.4 Å². The van der Waals surface area contributed by atoms with Gasteiger partial charge in [-0.2, -0.15) is 0 Å². The smallest absolute Gasteiger partial charge is 0.264 e. The molecule has 0 aromatic heterocycles. The fraction of sp³-hybridized carbons (Fsp3) is 0.259. The van der Waals surface area contributed by atoms with E-state index in [0.29, 0.717) is 5.75 Å². The molecular formula is C27H31N3O5S. The summed E-state index contributed by atoms with van der Waals surface area (Å²) in [6.45, 7) is 3.17. The summed E-state index contributed by atoms with van der Waals surface area (Å²) in [7, 11) is -1.21. The predicted molar refractivity (Wildman–Crippen MR) is 139 cm³/mol. The Kier molecular flexibility index (Phi) is 8.71. The third kappa shape index (κ3) is 6.04. The van der Waals surface area contributed by atoms with Gasteiger partial charge in [0, 0.05) is 13.6 Å².